The summed E-state index contributed by atoms with van der Waals surface area (Å²) in [7, 11) is 0. The Bertz CT molecular complexity index is 823. The highest BCUT2D eigenvalue weighted by atomic mass is 19.1. The smallest absolute Gasteiger partial charge is 0.226 e. The minimum atomic E-state index is -0.197. The van der Waals surface area contributed by atoms with Gasteiger partial charge in [-0.25, -0.2) is 4.39 Å². The van der Waals surface area contributed by atoms with Gasteiger partial charge in [-0.15, -0.1) is 0 Å². The van der Waals surface area contributed by atoms with Crippen LogP contribution in [0.25, 0.3) is 10.9 Å². The first-order chi connectivity index (χ1) is 10.7. The van der Waals surface area contributed by atoms with Crippen LogP contribution in [-0.4, -0.2) is 26.6 Å². The predicted molar refractivity (Wildman–Crippen MR) is 79.8 cm³/mol. The van der Waals surface area contributed by atoms with Gasteiger partial charge in [-0.3, -0.25) is 4.90 Å². The summed E-state index contributed by atoms with van der Waals surface area (Å²) >= 11 is 0. The molecule has 1 N–H and O–H groups in total. The lowest BCUT2D eigenvalue weighted by Crippen LogP contribution is -2.30. The summed E-state index contributed by atoms with van der Waals surface area (Å²) in [4.78, 5) is 10.0. The number of nitrogens with zero attached hydrogens (tertiary/aromatic N) is 3. The van der Waals surface area contributed by atoms with Gasteiger partial charge in [-0.05, 0) is 23.8 Å². The van der Waals surface area contributed by atoms with E-state index >= 15 is 0 Å². The minimum Gasteiger partial charge on any atom is -0.358 e. The van der Waals surface area contributed by atoms with Crippen molar-refractivity contribution in [3.63, 3.8) is 0 Å². The van der Waals surface area contributed by atoms with Crippen LogP contribution in [-0.2, 0) is 25.9 Å². The van der Waals surface area contributed by atoms with Crippen molar-refractivity contribution in [2.24, 2.45) is 0 Å². The number of aryl methyl sites for hydroxylation is 1. The Morgan fingerprint density at radius 1 is 1.41 bits per heavy atom. The molecule has 0 spiro atoms. The van der Waals surface area contributed by atoms with Crippen molar-refractivity contribution >= 4 is 10.9 Å². The summed E-state index contributed by atoms with van der Waals surface area (Å²) in [5.41, 5.74) is 3.39. The zero-order valence-electron chi connectivity index (χ0n) is 12.4. The van der Waals surface area contributed by atoms with Gasteiger partial charge in [0, 0.05) is 42.5 Å². The van der Waals surface area contributed by atoms with Gasteiger partial charge in [0.15, 0.2) is 5.82 Å². The molecule has 0 amide bonds. The molecule has 0 saturated carbocycles. The lowest BCUT2D eigenvalue weighted by molar-refractivity contribution is 0.235. The van der Waals surface area contributed by atoms with Crippen LogP contribution in [0.1, 0.15) is 29.9 Å². The molecule has 6 heteroatoms. The normalized spacial score (nSPS) is 15.4. The third-order valence-corrected chi connectivity index (χ3v) is 4.19. The van der Waals surface area contributed by atoms with Crippen LogP contribution in [0.15, 0.2) is 22.7 Å². The number of H-pyrrole nitrogens is 1. The third kappa shape index (κ3) is 2.29. The predicted octanol–water partition coefficient (Wildman–Crippen LogP) is 2.81. The molecule has 1 aliphatic heterocycles. The maximum Gasteiger partial charge on any atom is 0.226 e. The van der Waals surface area contributed by atoms with E-state index in [1.54, 1.807) is 12.1 Å². The van der Waals surface area contributed by atoms with E-state index in [4.69, 9.17) is 4.52 Å². The number of nitrogens with one attached hydrogen (secondary N) is 1. The number of halogens is 1. The second-order valence-corrected chi connectivity index (χ2v) is 5.69. The average molecular weight is 300 g/mol. The van der Waals surface area contributed by atoms with Crippen molar-refractivity contribution in [2.75, 3.05) is 6.54 Å². The molecule has 1 aromatic carbocycles. The summed E-state index contributed by atoms with van der Waals surface area (Å²) in [6, 6.07) is 4.91. The number of hydrogen-bond donors (Lipinski definition) is 1. The van der Waals surface area contributed by atoms with Crippen LogP contribution in [0.2, 0.25) is 0 Å². The molecule has 0 radical (unpaired) electrons. The second kappa shape index (κ2) is 5.21. The van der Waals surface area contributed by atoms with E-state index in [1.165, 1.54) is 17.3 Å². The molecule has 5 nitrogen and oxygen atoms in total. The van der Waals surface area contributed by atoms with Gasteiger partial charge in [-0.2, -0.15) is 4.98 Å². The zero-order chi connectivity index (χ0) is 15.1. The minimum absolute atomic E-state index is 0.197. The lowest BCUT2D eigenvalue weighted by atomic mass is 10.0. The quantitative estimate of drug-likeness (QED) is 0.808. The van der Waals surface area contributed by atoms with E-state index in [0.29, 0.717) is 18.3 Å². The van der Waals surface area contributed by atoms with Gasteiger partial charge in [0.2, 0.25) is 5.89 Å². The molecule has 3 aromatic rings. The zero-order valence-corrected chi connectivity index (χ0v) is 12.4. The van der Waals surface area contributed by atoms with Gasteiger partial charge in [0.1, 0.15) is 5.82 Å². The maximum atomic E-state index is 13.5. The van der Waals surface area contributed by atoms with E-state index in [-0.39, 0.29) is 5.82 Å². The van der Waals surface area contributed by atoms with E-state index in [1.807, 2.05) is 6.92 Å². The second-order valence-electron chi connectivity index (χ2n) is 5.69. The molecule has 1 aliphatic rings. The Hall–Kier alpha value is -2.21. The number of benzene rings is 1. The standard InChI is InChI=1S/C16H17FN4O/c1-2-16-19-15(20-22-16)9-21-6-5-14-12(8-21)11-7-10(17)3-4-13(11)18-14/h3-4,7,18H,2,5-6,8-9H2,1H3. The molecule has 114 valence electrons. The van der Waals surface area contributed by atoms with Crippen molar-refractivity contribution in [3.8, 4) is 0 Å². The van der Waals surface area contributed by atoms with Crippen molar-refractivity contribution in [1.82, 2.24) is 20.0 Å². The van der Waals surface area contributed by atoms with Gasteiger partial charge >= 0.3 is 0 Å². The summed E-state index contributed by atoms with van der Waals surface area (Å²) in [5, 5.41) is 4.98. The molecule has 22 heavy (non-hydrogen) atoms. The average Bonchev–Trinajstić information content (AvgIpc) is 3.11. The van der Waals surface area contributed by atoms with E-state index in [9.17, 15) is 4.39 Å². The molecule has 0 bridgehead atoms. The first kappa shape index (κ1) is 13.5. The van der Waals surface area contributed by atoms with Crippen molar-refractivity contribution in [3.05, 3.63) is 47.0 Å². The van der Waals surface area contributed by atoms with Gasteiger partial charge < -0.3 is 9.51 Å². The fourth-order valence-electron chi connectivity index (χ4n) is 3.08. The van der Waals surface area contributed by atoms with Crippen LogP contribution >= 0.6 is 0 Å². The van der Waals surface area contributed by atoms with Gasteiger partial charge in [0.05, 0.1) is 6.54 Å². The number of rotatable bonds is 3. The number of fused-ring (bicyclic) bond motifs is 3. The first-order valence-corrected chi connectivity index (χ1v) is 7.55. The Balaban J connectivity index is 1.60. The Kier molecular flexibility index (Phi) is 3.18. The monoisotopic (exact) mass is 300 g/mol. The molecule has 0 atom stereocenters. The Labute approximate surface area is 127 Å². The molecule has 0 fully saturated rings. The molecular weight excluding hydrogens is 283 g/mol. The molecule has 3 heterocycles. The highest BCUT2D eigenvalue weighted by molar-refractivity contribution is 5.84. The van der Waals surface area contributed by atoms with Crippen LogP contribution in [0, 0.1) is 5.82 Å². The molecule has 0 aliphatic carbocycles. The van der Waals surface area contributed by atoms with Crippen molar-refractivity contribution < 1.29 is 8.91 Å². The summed E-state index contributed by atoms with van der Waals surface area (Å²) in [5.74, 6) is 1.19. The van der Waals surface area contributed by atoms with E-state index < -0.39 is 0 Å². The van der Waals surface area contributed by atoms with Gasteiger partial charge in [0.25, 0.3) is 0 Å². The van der Waals surface area contributed by atoms with Crippen LogP contribution < -0.4 is 0 Å². The van der Waals surface area contributed by atoms with Gasteiger partial charge in [-0.1, -0.05) is 12.1 Å². The largest absolute Gasteiger partial charge is 0.358 e. The van der Waals surface area contributed by atoms with Crippen molar-refractivity contribution in [1.29, 1.82) is 0 Å². The topological polar surface area (TPSA) is 58.0 Å². The number of aromatic amines is 1. The molecular formula is C16H17FN4O. The highest BCUT2D eigenvalue weighted by Crippen LogP contribution is 2.28. The lowest BCUT2D eigenvalue weighted by Gasteiger charge is -2.25. The molecule has 0 saturated heterocycles. The fraction of sp³-hybridized carbons (Fsp3) is 0.375. The Morgan fingerprint density at radius 2 is 2.32 bits per heavy atom. The van der Waals surface area contributed by atoms with E-state index in [0.717, 1.165) is 36.8 Å². The summed E-state index contributed by atoms with van der Waals surface area (Å²) in [6.07, 6.45) is 1.67. The molecule has 0 unspecified atom stereocenters. The summed E-state index contributed by atoms with van der Waals surface area (Å²) < 4.78 is 18.7. The third-order valence-electron chi connectivity index (χ3n) is 4.19. The number of hydrogen-bond acceptors (Lipinski definition) is 4. The maximum absolute atomic E-state index is 13.5. The van der Waals surface area contributed by atoms with Crippen LogP contribution in [0.4, 0.5) is 4.39 Å². The first-order valence-electron chi connectivity index (χ1n) is 7.55. The Morgan fingerprint density at radius 3 is 3.14 bits per heavy atom. The molecule has 4 rings (SSSR count). The van der Waals surface area contributed by atoms with Crippen LogP contribution in [0.3, 0.4) is 0 Å². The molecule has 2 aromatic heterocycles. The fourth-order valence-corrected chi connectivity index (χ4v) is 3.08. The van der Waals surface area contributed by atoms with Crippen LogP contribution in [0.5, 0.6) is 0 Å². The highest BCUT2D eigenvalue weighted by Gasteiger charge is 2.22. The SMILES string of the molecule is CCc1nc(CN2CCc3[nH]c4ccc(F)cc4c3C2)no1. The number of aromatic nitrogens is 3. The summed E-state index contributed by atoms with van der Waals surface area (Å²) in [6.45, 7) is 4.35. The van der Waals surface area contributed by atoms with E-state index in [2.05, 4.69) is 20.0 Å². The van der Waals surface area contributed by atoms with Crippen molar-refractivity contribution in [2.45, 2.75) is 32.9 Å².